The monoisotopic (exact) mass is 729 g/mol. The van der Waals surface area contributed by atoms with Gasteiger partial charge in [-0.25, -0.2) is 9.97 Å². The van der Waals surface area contributed by atoms with E-state index in [1.165, 1.54) is 33.4 Å². The topological polar surface area (TPSA) is 55.7 Å². The summed E-state index contributed by atoms with van der Waals surface area (Å²) in [5, 5.41) is 0.916. The predicted octanol–water partition coefficient (Wildman–Crippen LogP) is 12.4. The Morgan fingerprint density at radius 3 is 1.47 bits per heavy atom. The molecule has 5 heteroatoms. The van der Waals surface area contributed by atoms with Crippen LogP contribution in [-0.2, 0) is 9.98 Å². The van der Waals surface area contributed by atoms with Crippen LogP contribution in [-0.4, -0.2) is 28.3 Å². The molecule has 1 aliphatic rings. The highest BCUT2D eigenvalue weighted by molar-refractivity contribution is 7.70. The third-order valence-corrected chi connectivity index (χ3v) is 12.5. The Bertz CT molecular complexity index is 2650. The fourth-order valence-corrected chi connectivity index (χ4v) is 8.71. The number of benzene rings is 6. The maximum atomic E-state index is 13.1. The number of nitrogens with zero attached hydrogens (tertiary/aromatic N) is 3. The zero-order chi connectivity index (χ0) is 37.7. The summed E-state index contributed by atoms with van der Waals surface area (Å²) in [5.74, 6) is 0.638. The third-order valence-electron chi connectivity index (χ3n) is 11.0. The Morgan fingerprint density at radius 1 is 0.455 bits per heavy atom. The lowest BCUT2D eigenvalue weighted by atomic mass is 9.81. The first kappa shape index (κ1) is 34.5. The molecule has 1 aliphatic carbocycles. The SMILES string of the molecule is CC1(C)c2cc(-c3cnccc3-c3nc(-c4ccc(-c5ccccc5)cc4)cc(-c4ccc(-c5ccccc5)cc4)n3)ccc2-c2ccc(P(C)(C)=O)cc21. The zero-order valence-electron chi connectivity index (χ0n) is 31.4. The lowest BCUT2D eigenvalue weighted by molar-refractivity contribution is 0.588. The average molecular weight is 730 g/mol. The van der Waals surface area contributed by atoms with Crippen molar-refractivity contribution < 1.29 is 4.57 Å². The molecule has 0 N–H and O–H groups in total. The van der Waals surface area contributed by atoms with Gasteiger partial charge in [0.05, 0.1) is 11.4 Å². The van der Waals surface area contributed by atoms with E-state index in [2.05, 4.69) is 152 Å². The van der Waals surface area contributed by atoms with Crippen molar-refractivity contribution in [3.63, 3.8) is 0 Å². The van der Waals surface area contributed by atoms with E-state index in [-0.39, 0.29) is 5.41 Å². The van der Waals surface area contributed by atoms with Gasteiger partial charge in [0.25, 0.3) is 0 Å². The van der Waals surface area contributed by atoms with Gasteiger partial charge in [-0.05, 0) is 87.7 Å². The molecule has 2 heterocycles. The summed E-state index contributed by atoms with van der Waals surface area (Å²) in [6, 6.07) is 55.2. The van der Waals surface area contributed by atoms with Crippen LogP contribution in [0, 0.1) is 0 Å². The minimum absolute atomic E-state index is 0.268. The van der Waals surface area contributed by atoms with E-state index in [4.69, 9.17) is 9.97 Å². The van der Waals surface area contributed by atoms with Gasteiger partial charge in [-0.2, -0.15) is 0 Å². The van der Waals surface area contributed by atoms with Gasteiger partial charge in [0.15, 0.2) is 5.82 Å². The fourth-order valence-electron chi connectivity index (χ4n) is 7.84. The lowest BCUT2D eigenvalue weighted by Crippen LogP contribution is -2.17. The summed E-state index contributed by atoms with van der Waals surface area (Å²) < 4.78 is 13.1. The van der Waals surface area contributed by atoms with Crippen LogP contribution in [0.1, 0.15) is 25.0 Å². The molecule has 0 bridgehead atoms. The summed E-state index contributed by atoms with van der Waals surface area (Å²) >= 11 is 0. The van der Waals surface area contributed by atoms with Crippen molar-refractivity contribution in [3.8, 4) is 78.4 Å². The zero-order valence-corrected chi connectivity index (χ0v) is 32.3. The molecule has 0 spiro atoms. The highest BCUT2D eigenvalue weighted by Gasteiger charge is 2.36. The van der Waals surface area contributed by atoms with Gasteiger partial charge in [-0.1, -0.05) is 147 Å². The Balaban J connectivity index is 1.16. The molecule has 0 unspecified atom stereocenters. The molecule has 4 nitrogen and oxygen atoms in total. The smallest absolute Gasteiger partial charge is 0.161 e. The lowest BCUT2D eigenvalue weighted by Gasteiger charge is -2.23. The maximum absolute atomic E-state index is 13.1. The third kappa shape index (κ3) is 6.43. The van der Waals surface area contributed by atoms with Crippen LogP contribution >= 0.6 is 7.14 Å². The van der Waals surface area contributed by atoms with E-state index in [1.54, 1.807) is 0 Å². The molecule has 9 rings (SSSR count). The van der Waals surface area contributed by atoms with E-state index in [0.29, 0.717) is 5.82 Å². The summed E-state index contributed by atoms with van der Waals surface area (Å²) in [5.41, 5.74) is 15.9. The fraction of sp³-hybridized carbons (Fsp3) is 0.100. The number of hydrogen-bond donors (Lipinski definition) is 0. The van der Waals surface area contributed by atoms with Crippen LogP contribution < -0.4 is 5.30 Å². The first-order valence-electron chi connectivity index (χ1n) is 18.6. The summed E-state index contributed by atoms with van der Waals surface area (Å²) in [7, 11) is -2.41. The minimum atomic E-state index is -2.41. The van der Waals surface area contributed by atoms with Crippen molar-refractivity contribution in [3.05, 3.63) is 181 Å². The largest absolute Gasteiger partial charge is 0.319 e. The second-order valence-corrected chi connectivity index (χ2v) is 18.5. The standard InChI is InChI=1S/C50H40N3OP/c1-50(2)45-29-39(23-25-41(45)42-26-24-40(30-46(42)50)55(3,4)54)44-32-51-28-27-43(44)49-52-47(37-19-15-35(16-20-37)33-11-7-5-8-12-33)31-48(53-49)38-21-17-36(18-22-38)34-13-9-6-10-14-34/h5-32H,1-4H3. The van der Waals surface area contributed by atoms with Crippen molar-refractivity contribution in [2.24, 2.45) is 0 Å². The normalized spacial score (nSPS) is 12.9. The molecule has 55 heavy (non-hydrogen) atoms. The van der Waals surface area contributed by atoms with Crippen molar-refractivity contribution in [2.45, 2.75) is 19.3 Å². The molecule has 2 aromatic heterocycles. The molecule has 0 atom stereocenters. The first-order chi connectivity index (χ1) is 26.6. The van der Waals surface area contributed by atoms with Crippen LogP contribution in [0.2, 0.25) is 0 Å². The van der Waals surface area contributed by atoms with Crippen molar-refractivity contribution in [2.75, 3.05) is 13.3 Å². The number of hydrogen-bond acceptors (Lipinski definition) is 4. The predicted molar refractivity (Wildman–Crippen MR) is 229 cm³/mol. The van der Waals surface area contributed by atoms with Crippen molar-refractivity contribution in [1.82, 2.24) is 15.0 Å². The molecule has 0 radical (unpaired) electrons. The second kappa shape index (κ2) is 13.6. The van der Waals surface area contributed by atoms with Gasteiger partial charge >= 0.3 is 0 Å². The summed E-state index contributed by atoms with van der Waals surface area (Å²) in [6.45, 7) is 8.20. The van der Waals surface area contributed by atoms with Crippen molar-refractivity contribution in [1.29, 1.82) is 0 Å². The van der Waals surface area contributed by atoms with Crippen molar-refractivity contribution >= 4 is 12.4 Å². The molecule has 8 aromatic rings. The molecule has 0 fully saturated rings. The molecule has 0 saturated heterocycles. The number of aromatic nitrogens is 3. The van der Waals surface area contributed by atoms with E-state index < -0.39 is 7.14 Å². The van der Waals surface area contributed by atoms with E-state index >= 15 is 0 Å². The second-order valence-electron chi connectivity index (χ2n) is 15.2. The number of fused-ring (bicyclic) bond motifs is 3. The molecule has 6 aromatic carbocycles. The Hall–Kier alpha value is -6.22. The van der Waals surface area contributed by atoms with E-state index in [0.717, 1.165) is 55.6 Å². The van der Waals surface area contributed by atoms with E-state index in [9.17, 15) is 4.57 Å². The van der Waals surface area contributed by atoms with Crippen LogP contribution in [0.5, 0.6) is 0 Å². The molecule has 0 saturated carbocycles. The first-order valence-corrected chi connectivity index (χ1v) is 21.2. The average Bonchev–Trinajstić information content (AvgIpc) is 3.46. The number of pyridine rings is 1. The van der Waals surface area contributed by atoms with Gasteiger partial charge in [0.2, 0.25) is 0 Å². The molecule has 266 valence electrons. The highest BCUT2D eigenvalue weighted by atomic mass is 31.2. The Morgan fingerprint density at radius 2 is 0.927 bits per heavy atom. The molecular formula is C50H40N3OP. The number of rotatable bonds is 7. The highest BCUT2D eigenvalue weighted by Crippen LogP contribution is 2.51. The van der Waals surface area contributed by atoms with Gasteiger partial charge in [-0.15, -0.1) is 0 Å². The van der Waals surface area contributed by atoms with Gasteiger partial charge in [-0.3, -0.25) is 4.98 Å². The summed E-state index contributed by atoms with van der Waals surface area (Å²) in [6.07, 6.45) is 3.74. The molecule has 0 amide bonds. The van der Waals surface area contributed by atoms with Gasteiger partial charge < -0.3 is 4.57 Å². The molecule has 0 aliphatic heterocycles. The minimum Gasteiger partial charge on any atom is -0.319 e. The quantitative estimate of drug-likeness (QED) is 0.153. The van der Waals surface area contributed by atoms with Crippen LogP contribution in [0.4, 0.5) is 0 Å². The van der Waals surface area contributed by atoms with Gasteiger partial charge in [0.1, 0.15) is 7.14 Å². The summed E-state index contributed by atoms with van der Waals surface area (Å²) in [4.78, 5) is 15.1. The van der Waals surface area contributed by atoms with Crippen LogP contribution in [0.15, 0.2) is 170 Å². The Kier molecular flexibility index (Phi) is 8.52. The maximum Gasteiger partial charge on any atom is 0.161 e. The van der Waals surface area contributed by atoms with Crippen LogP contribution in [0.25, 0.3) is 78.4 Å². The van der Waals surface area contributed by atoms with Crippen LogP contribution in [0.3, 0.4) is 0 Å². The van der Waals surface area contributed by atoms with Gasteiger partial charge in [0, 0.05) is 45.4 Å². The Labute approximate surface area is 323 Å². The van der Waals surface area contributed by atoms with E-state index in [1.807, 2.05) is 50.0 Å². The molecular weight excluding hydrogens is 690 g/mol.